The van der Waals surface area contributed by atoms with Crippen molar-refractivity contribution in [2.45, 2.75) is 12.3 Å². The molecule has 5 heteroatoms. The fraction of sp³-hybridized carbons (Fsp3) is 0.417. The highest BCUT2D eigenvalue weighted by Gasteiger charge is 2.30. The Morgan fingerprint density at radius 3 is 3.18 bits per heavy atom. The molecule has 0 bridgehead atoms. The van der Waals surface area contributed by atoms with Crippen LogP contribution in [0.4, 0.5) is 9.18 Å². The molecule has 1 aliphatic rings. The van der Waals surface area contributed by atoms with Crippen LogP contribution in [-0.4, -0.2) is 29.8 Å². The number of amides is 2. The van der Waals surface area contributed by atoms with Crippen LogP contribution in [0.25, 0.3) is 0 Å². The lowest BCUT2D eigenvalue weighted by molar-refractivity contribution is 0.201. The highest BCUT2D eigenvalue weighted by molar-refractivity contribution is 7.99. The number of hydrogen-bond acceptors (Lipinski definition) is 2. The Hall–Kier alpha value is -1.23. The van der Waals surface area contributed by atoms with E-state index in [0.29, 0.717) is 13.1 Å². The molecule has 1 aliphatic heterocycles. The molecule has 3 nitrogen and oxygen atoms in total. The number of rotatable bonds is 2. The summed E-state index contributed by atoms with van der Waals surface area (Å²) in [7, 11) is 0. The van der Waals surface area contributed by atoms with Crippen molar-refractivity contribution in [2.24, 2.45) is 0 Å². The molecule has 0 spiro atoms. The van der Waals surface area contributed by atoms with E-state index in [9.17, 15) is 9.18 Å². The number of urea groups is 1. The third-order valence-electron chi connectivity index (χ3n) is 2.61. The van der Waals surface area contributed by atoms with Gasteiger partial charge in [-0.1, -0.05) is 12.1 Å². The van der Waals surface area contributed by atoms with E-state index in [1.807, 2.05) is 13.0 Å². The zero-order valence-corrected chi connectivity index (χ0v) is 10.5. The lowest BCUT2D eigenvalue weighted by Gasteiger charge is -2.24. The van der Waals surface area contributed by atoms with Crippen molar-refractivity contribution < 1.29 is 9.18 Å². The van der Waals surface area contributed by atoms with Crippen molar-refractivity contribution in [3.05, 3.63) is 35.6 Å². The SMILES string of the molecule is CCNC(=O)N1CCS[C@H]1c1cccc(F)c1. The Balaban J connectivity index is 2.17. The highest BCUT2D eigenvalue weighted by Crippen LogP contribution is 2.37. The Morgan fingerprint density at radius 2 is 2.47 bits per heavy atom. The lowest BCUT2D eigenvalue weighted by atomic mass is 10.2. The maximum atomic E-state index is 13.2. The van der Waals surface area contributed by atoms with Crippen LogP contribution in [-0.2, 0) is 0 Å². The molecule has 0 saturated carbocycles. The summed E-state index contributed by atoms with van der Waals surface area (Å²) in [6, 6.07) is 6.37. The summed E-state index contributed by atoms with van der Waals surface area (Å²) in [6.45, 7) is 3.20. The maximum absolute atomic E-state index is 13.2. The van der Waals surface area contributed by atoms with Gasteiger partial charge in [0.2, 0.25) is 0 Å². The fourth-order valence-corrected chi connectivity index (χ4v) is 3.11. The number of nitrogens with one attached hydrogen (secondary N) is 1. The standard InChI is InChI=1S/C12H15FN2OS/c1-2-14-12(16)15-6-7-17-11(15)9-4-3-5-10(13)8-9/h3-5,8,11H,2,6-7H2,1H3,(H,14,16)/t11-/m0/s1. The van der Waals surface area contributed by atoms with Gasteiger partial charge >= 0.3 is 6.03 Å². The molecule has 92 valence electrons. The minimum Gasteiger partial charge on any atom is -0.338 e. The second-order valence-corrected chi connectivity index (χ2v) is 5.00. The Bertz CT molecular complexity index is 413. The van der Waals surface area contributed by atoms with Gasteiger partial charge in [-0.3, -0.25) is 0 Å². The zero-order valence-electron chi connectivity index (χ0n) is 9.65. The second kappa shape index (κ2) is 5.40. The number of hydrogen-bond donors (Lipinski definition) is 1. The molecule has 0 unspecified atom stereocenters. The molecule has 1 aromatic carbocycles. The van der Waals surface area contributed by atoms with Crippen LogP contribution in [0, 0.1) is 5.82 Å². The van der Waals surface area contributed by atoms with E-state index in [1.54, 1.807) is 22.7 Å². The number of halogens is 1. The summed E-state index contributed by atoms with van der Waals surface area (Å²) < 4.78 is 13.2. The van der Waals surface area contributed by atoms with Gasteiger partial charge in [0.05, 0.1) is 0 Å². The van der Waals surface area contributed by atoms with Gasteiger partial charge in [-0.05, 0) is 24.6 Å². The largest absolute Gasteiger partial charge is 0.338 e. The molecular formula is C12H15FN2OS. The fourth-order valence-electron chi connectivity index (χ4n) is 1.87. The summed E-state index contributed by atoms with van der Waals surface area (Å²) in [5.41, 5.74) is 0.846. The average molecular weight is 254 g/mol. The Kier molecular flexibility index (Phi) is 3.89. The van der Waals surface area contributed by atoms with Crippen molar-refractivity contribution in [3.63, 3.8) is 0 Å². The number of carbonyl (C=O) groups is 1. The number of carbonyl (C=O) groups excluding carboxylic acids is 1. The monoisotopic (exact) mass is 254 g/mol. The molecule has 1 heterocycles. The summed E-state index contributed by atoms with van der Waals surface area (Å²) in [5, 5.41) is 2.71. The van der Waals surface area contributed by atoms with Crippen molar-refractivity contribution in [1.82, 2.24) is 10.2 Å². The Morgan fingerprint density at radius 1 is 1.65 bits per heavy atom. The molecule has 2 rings (SSSR count). The summed E-state index contributed by atoms with van der Waals surface area (Å²) in [6.07, 6.45) is 0. The average Bonchev–Trinajstić information content (AvgIpc) is 2.78. The van der Waals surface area contributed by atoms with Gasteiger partial charge in [-0.25, -0.2) is 9.18 Å². The molecule has 17 heavy (non-hydrogen) atoms. The minimum atomic E-state index is -0.258. The topological polar surface area (TPSA) is 32.3 Å². The van der Waals surface area contributed by atoms with Crippen LogP contribution >= 0.6 is 11.8 Å². The van der Waals surface area contributed by atoms with Crippen LogP contribution in [0.5, 0.6) is 0 Å². The molecule has 1 fully saturated rings. The number of nitrogens with zero attached hydrogens (tertiary/aromatic N) is 1. The molecule has 1 atom stereocenters. The van der Waals surface area contributed by atoms with Crippen molar-refractivity contribution in [1.29, 1.82) is 0 Å². The maximum Gasteiger partial charge on any atom is 0.318 e. The summed E-state index contributed by atoms with van der Waals surface area (Å²) >= 11 is 1.66. The number of benzene rings is 1. The molecule has 2 amide bonds. The first-order valence-electron chi connectivity index (χ1n) is 5.64. The van der Waals surface area contributed by atoms with Crippen LogP contribution in [0.2, 0.25) is 0 Å². The van der Waals surface area contributed by atoms with Gasteiger partial charge in [0.25, 0.3) is 0 Å². The van der Waals surface area contributed by atoms with Gasteiger partial charge in [-0.2, -0.15) is 0 Å². The van der Waals surface area contributed by atoms with Crippen molar-refractivity contribution in [2.75, 3.05) is 18.8 Å². The Labute approximate surface area is 104 Å². The van der Waals surface area contributed by atoms with E-state index in [4.69, 9.17) is 0 Å². The second-order valence-electron chi connectivity index (χ2n) is 3.81. The number of thioether (sulfide) groups is 1. The molecule has 0 radical (unpaired) electrons. The van der Waals surface area contributed by atoms with Gasteiger partial charge in [0, 0.05) is 18.8 Å². The predicted molar refractivity (Wildman–Crippen MR) is 67.4 cm³/mol. The third kappa shape index (κ3) is 2.72. The molecule has 1 aromatic rings. The molecular weight excluding hydrogens is 239 g/mol. The molecule has 1 N–H and O–H groups in total. The van der Waals surface area contributed by atoms with Crippen LogP contribution in [0.1, 0.15) is 17.9 Å². The lowest BCUT2D eigenvalue weighted by Crippen LogP contribution is -2.39. The van der Waals surface area contributed by atoms with Gasteiger partial charge < -0.3 is 10.2 Å². The van der Waals surface area contributed by atoms with Gasteiger partial charge in [0.1, 0.15) is 11.2 Å². The zero-order chi connectivity index (χ0) is 12.3. The van der Waals surface area contributed by atoms with E-state index >= 15 is 0 Å². The molecule has 1 saturated heterocycles. The first-order chi connectivity index (χ1) is 8.22. The molecule has 0 aromatic heterocycles. The predicted octanol–water partition coefficient (Wildman–Crippen LogP) is 2.60. The van der Waals surface area contributed by atoms with E-state index in [0.717, 1.165) is 11.3 Å². The van der Waals surface area contributed by atoms with Crippen LogP contribution in [0.15, 0.2) is 24.3 Å². The first kappa shape index (κ1) is 12.2. The smallest absolute Gasteiger partial charge is 0.318 e. The summed E-state index contributed by atoms with van der Waals surface area (Å²) in [4.78, 5) is 13.6. The summed E-state index contributed by atoms with van der Waals surface area (Å²) in [5.74, 6) is 0.629. The normalized spacial score (nSPS) is 19.4. The third-order valence-corrected chi connectivity index (χ3v) is 3.87. The van der Waals surface area contributed by atoms with Crippen molar-refractivity contribution in [3.8, 4) is 0 Å². The van der Waals surface area contributed by atoms with E-state index in [-0.39, 0.29) is 17.2 Å². The first-order valence-corrected chi connectivity index (χ1v) is 6.68. The molecule has 0 aliphatic carbocycles. The van der Waals surface area contributed by atoms with Gasteiger partial charge in [0.15, 0.2) is 0 Å². The highest BCUT2D eigenvalue weighted by atomic mass is 32.2. The van der Waals surface area contributed by atoms with Crippen LogP contribution in [0.3, 0.4) is 0 Å². The van der Waals surface area contributed by atoms with Crippen LogP contribution < -0.4 is 5.32 Å². The quantitative estimate of drug-likeness (QED) is 0.880. The van der Waals surface area contributed by atoms with E-state index in [2.05, 4.69) is 5.32 Å². The van der Waals surface area contributed by atoms with Gasteiger partial charge in [-0.15, -0.1) is 11.8 Å². The minimum absolute atomic E-state index is 0.0720. The van der Waals surface area contributed by atoms with E-state index < -0.39 is 0 Å². The van der Waals surface area contributed by atoms with Crippen molar-refractivity contribution >= 4 is 17.8 Å². The van der Waals surface area contributed by atoms with E-state index in [1.165, 1.54) is 12.1 Å².